The normalized spacial score (nSPS) is 16.7. The molecule has 0 saturated carbocycles. The average Bonchev–Trinajstić information content (AvgIpc) is 2.91. The van der Waals surface area contributed by atoms with Gasteiger partial charge in [0.05, 0.1) is 24.7 Å². The third kappa shape index (κ3) is 4.25. The average molecular weight is 471 g/mol. The Morgan fingerprint density at radius 2 is 2.00 bits per heavy atom. The first-order valence-electron chi connectivity index (χ1n) is 8.24. The molecule has 1 atom stereocenters. The topological polar surface area (TPSA) is 55.8 Å². The number of amides is 2. The molecule has 0 aromatic heterocycles. The van der Waals surface area contributed by atoms with Crippen molar-refractivity contribution in [2.45, 2.75) is 18.6 Å². The van der Waals surface area contributed by atoms with Crippen LogP contribution in [-0.2, 0) is 11.2 Å². The molecular weight excluding hydrogens is 454 g/mol. The maximum atomic E-state index is 12.8. The van der Waals surface area contributed by atoms with E-state index in [-0.39, 0.29) is 11.1 Å². The number of anilines is 1. The van der Waals surface area contributed by atoms with E-state index < -0.39 is 5.25 Å². The minimum atomic E-state index is -0.518. The van der Waals surface area contributed by atoms with Crippen LogP contribution in [0, 0.1) is 0 Å². The Balaban J connectivity index is 1.85. The van der Waals surface area contributed by atoms with Crippen LogP contribution in [0.2, 0.25) is 5.02 Å². The molecule has 1 aliphatic rings. The molecule has 0 bridgehead atoms. The zero-order valence-electron chi connectivity index (χ0n) is 14.7. The van der Waals surface area contributed by atoms with E-state index in [0.29, 0.717) is 35.2 Å². The van der Waals surface area contributed by atoms with E-state index in [4.69, 9.17) is 21.1 Å². The number of hydrogen-bond donors (Lipinski definition) is 0. The second kappa shape index (κ2) is 8.54. The lowest BCUT2D eigenvalue weighted by Gasteiger charge is -2.16. The van der Waals surface area contributed by atoms with E-state index >= 15 is 0 Å². The molecule has 0 spiro atoms. The molecule has 1 saturated heterocycles. The highest BCUT2D eigenvalue weighted by Gasteiger charge is 2.40. The van der Waals surface area contributed by atoms with Crippen molar-refractivity contribution in [2.24, 2.45) is 0 Å². The summed E-state index contributed by atoms with van der Waals surface area (Å²) in [4.78, 5) is 26.5. The van der Waals surface area contributed by atoms with Crippen LogP contribution in [0.15, 0.2) is 40.9 Å². The zero-order chi connectivity index (χ0) is 19.6. The Bertz CT molecular complexity index is 892. The van der Waals surface area contributed by atoms with Crippen LogP contribution in [0.5, 0.6) is 11.5 Å². The predicted octanol–water partition coefficient (Wildman–Crippen LogP) is 5.32. The molecule has 8 heteroatoms. The molecule has 5 nitrogen and oxygen atoms in total. The van der Waals surface area contributed by atoms with Gasteiger partial charge in [-0.05, 0) is 49.2 Å². The second-order valence-electron chi connectivity index (χ2n) is 5.76. The highest BCUT2D eigenvalue weighted by Crippen LogP contribution is 2.38. The number of carbonyl (C=O) groups is 2. The standard InChI is InChI=1S/C19H17BrClNO4S/c1-3-26-16-7-11(14(20)10-15(16)25-2)8-17-18(23)22(19(24)27-17)13-6-4-5-12(21)9-13/h4-7,9-10,17H,3,8H2,1-2H3/t17-/m1/s1. The van der Waals surface area contributed by atoms with E-state index in [2.05, 4.69) is 15.9 Å². The summed E-state index contributed by atoms with van der Waals surface area (Å²) in [5.74, 6) is 0.953. The van der Waals surface area contributed by atoms with Crippen LogP contribution < -0.4 is 14.4 Å². The fraction of sp³-hybridized carbons (Fsp3) is 0.263. The van der Waals surface area contributed by atoms with Crippen molar-refractivity contribution in [1.82, 2.24) is 0 Å². The molecule has 142 valence electrons. The van der Waals surface area contributed by atoms with Gasteiger partial charge in [0.15, 0.2) is 11.5 Å². The summed E-state index contributed by atoms with van der Waals surface area (Å²) in [5.41, 5.74) is 1.35. The number of nitrogens with zero attached hydrogens (tertiary/aromatic N) is 1. The number of imide groups is 1. The number of thioether (sulfide) groups is 1. The van der Waals surface area contributed by atoms with Gasteiger partial charge in [0, 0.05) is 9.50 Å². The minimum Gasteiger partial charge on any atom is -0.493 e. The first-order chi connectivity index (χ1) is 12.9. The largest absolute Gasteiger partial charge is 0.493 e. The van der Waals surface area contributed by atoms with Crippen LogP contribution in [0.4, 0.5) is 10.5 Å². The molecule has 27 heavy (non-hydrogen) atoms. The van der Waals surface area contributed by atoms with Gasteiger partial charge in [-0.2, -0.15) is 0 Å². The fourth-order valence-electron chi connectivity index (χ4n) is 2.80. The van der Waals surface area contributed by atoms with E-state index in [0.717, 1.165) is 21.8 Å². The highest BCUT2D eigenvalue weighted by molar-refractivity contribution is 9.10. The van der Waals surface area contributed by atoms with E-state index in [9.17, 15) is 9.59 Å². The number of hydrogen-bond acceptors (Lipinski definition) is 5. The van der Waals surface area contributed by atoms with E-state index in [1.54, 1.807) is 37.4 Å². The Labute approximate surface area is 175 Å². The van der Waals surface area contributed by atoms with Gasteiger partial charge in [0.1, 0.15) is 0 Å². The summed E-state index contributed by atoms with van der Waals surface area (Å²) in [6, 6.07) is 10.4. The van der Waals surface area contributed by atoms with Crippen molar-refractivity contribution in [3.8, 4) is 11.5 Å². The number of methoxy groups -OCH3 is 1. The summed E-state index contributed by atoms with van der Waals surface area (Å²) < 4.78 is 11.7. The molecule has 0 unspecified atom stereocenters. The molecule has 2 amide bonds. The maximum Gasteiger partial charge on any atom is 0.293 e. The summed E-state index contributed by atoms with van der Waals surface area (Å²) in [6.45, 7) is 2.38. The molecule has 0 aliphatic carbocycles. The van der Waals surface area contributed by atoms with Gasteiger partial charge >= 0.3 is 0 Å². The highest BCUT2D eigenvalue weighted by atomic mass is 79.9. The van der Waals surface area contributed by atoms with Crippen molar-refractivity contribution in [2.75, 3.05) is 18.6 Å². The number of ether oxygens (including phenoxy) is 2. The minimum absolute atomic E-state index is 0.257. The van der Waals surface area contributed by atoms with Crippen molar-refractivity contribution in [1.29, 1.82) is 0 Å². The number of benzene rings is 2. The van der Waals surface area contributed by atoms with Crippen molar-refractivity contribution < 1.29 is 19.1 Å². The molecule has 1 heterocycles. The number of rotatable bonds is 6. The summed E-state index contributed by atoms with van der Waals surface area (Å²) in [6.07, 6.45) is 0.386. The molecule has 1 aliphatic heterocycles. The smallest absolute Gasteiger partial charge is 0.293 e. The molecule has 0 N–H and O–H groups in total. The molecule has 2 aromatic carbocycles. The van der Waals surface area contributed by atoms with Gasteiger partial charge in [-0.15, -0.1) is 0 Å². The molecule has 3 rings (SSSR count). The van der Waals surface area contributed by atoms with E-state index in [1.807, 2.05) is 13.0 Å². The quantitative estimate of drug-likeness (QED) is 0.572. The number of halogens is 2. The van der Waals surface area contributed by atoms with E-state index in [1.165, 1.54) is 4.90 Å². The Morgan fingerprint density at radius 1 is 1.22 bits per heavy atom. The summed E-state index contributed by atoms with van der Waals surface area (Å²) in [5, 5.41) is -0.349. The lowest BCUT2D eigenvalue weighted by molar-refractivity contribution is -0.117. The Morgan fingerprint density at radius 3 is 2.67 bits per heavy atom. The van der Waals surface area contributed by atoms with Crippen LogP contribution in [-0.4, -0.2) is 30.1 Å². The molecule has 0 radical (unpaired) electrons. The summed E-state index contributed by atoms with van der Waals surface area (Å²) in [7, 11) is 1.57. The zero-order valence-corrected chi connectivity index (χ0v) is 17.9. The van der Waals surface area contributed by atoms with Crippen molar-refractivity contribution >= 4 is 56.1 Å². The van der Waals surface area contributed by atoms with Gasteiger partial charge in [0.25, 0.3) is 5.24 Å². The SMILES string of the molecule is CCOc1cc(C[C@H]2SC(=O)N(c3cccc(Cl)c3)C2=O)c(Br)cc1OC. The first kappa shape index (κ1) is 20.0. The first-order valence-corrected chi connectivity index (χ1v) is 10.3. The van der Waals surface area contributed by atoms with Crippen molar-refractivity contribution in [3.05, 3.63) is 51.5 Å². The molecule has 2 aromatic rings. The van der Waals surface area contributed by atoms with Crippen LogP contribution in [0.25, 0.3) is 0 Å². The van der Waals surface area contributed by atoms with Gasteiger partial charge in [-0.25, -0.2) is 4.90 Å². The Hall–Kier alpha value is -1.70. The third-order valence-electron chi connectivity index (χ3n) is 4.03. The lowest BCUT2D eigenvalue weighted by Crippen LogP contribution is -2.32. The second-order valence-corrected chi connectivity index (χ2v) is 8.20. The van der Waals surface area contributed by atoms with Crippen LogP contribution in [0.1, 0.15) is 12.5 Å². The Kier molecular flexibility index (Phi) is 6.34. The maximum absolute atomic E-state index is 12.8. The van der Waals surface area contributed by atoms with Gasteiger partial charge < -0.3 is 9.47 Å². The number of carbonyl (C=O) groups excluding carboxylic acids is 2. The molecule has 1 fully saturated rings. The van der Waals surface area contributed by atoms with Crippen LogP contribution in [0.3, 0.4) is 0 Å². The monoisotopic (exact) mass is 469 g/mol. The van der Waals surface area contributed by atoms with Crippen molar-refractivity contribution in [3.63, 3.8) is 0 Å². The third-order valence-corrected chi connectivity index (χ3v) is 6.04. The van der Waals surface area contributed by atoms with Gasteiger partial charge in [0.2, 0.25) is 5.91 Å². The predicted molar refractivity (Wildman–Crippen MR) is 111 cm³/mol. The van der Waals surface area contributed by atoms with Gasteiger partial charge in [-0.3, -0.25) is 9.59 Å². The molecular formula is C19H17BrClNO4S. The van der Waals surface area contributed by atoms with Crippen LogP contribution >= 0.6 is 39.3 Å². The summed E-state index contributed by atoms with van der Waals surface area (Å²) >= 11 is 10.5. The van der Waals surface area contributed by atoms with Gasteiger partial charge in [-0.1, -0.05) is 45.4 Å². The fourth-order valence-corrected chi connectivity index (χ4v) is 4.48. The lowest BCUT2D eigenvalue weighted by atomic mass is 10.1.